The van der Waals surface area contributed by atoms with Crippen molar-refractivity contribution >= 4 is 5.91 Å². The molecule has 0 radical (unpaired) electrons. The Morgan fingerprint density at radius 3 is 2.30 bits per heavy atom. The van der Waals surface area contributed by atoms with E-state index in [9.17, 15) is 4.79 Å². The van der Waals surface area contributed by atoms with E-state index >= 15 is 0 Å². The van der Waals surface area contributed by atoms with Gasteiger partial charge in [0.15, 0.2) is 0 Å². The van der Waals surface area contributed by atoms with Gasteiger partial charge in [0.05, 0.1) is 5.92 Å². The lowest BCUT2D eigenvalue weighted by Crippen LogP contribution is -2.51. The summed E-state index contributed by atoms with van der Waals surface area (Å²) >= 11 is 0. The molecule has 1 aliphatic heterocycles. The molecule has 3 nitrogen and oxygen atoms in total. The van der Waals surface area contributed by atoms with Gasteiger partial charge in [-0.1, -0.05) is 0 Å². The van der Waals surface area contributed by atoms with Gasteiger partial charge in [0, 0.05) is 27.2 Å². The zero-order chi connectivity index (χ0) is 7.72. The Balaban J connectivity index is 2.31. The molecule has 0 unspecified atom stereocenters. The van der Waals surface area contributed by atoms with E-state index in [0.29, 0.717) is 0 Å². The lowest BCUT2D eigenvalue weighted by Gasteiger charge is -2.36. The third-order valence-corrected chi connectivity index (χ3v) is 1.85. The van der Waals surface area contributed by atoms with Crippen molar-refractivity contribution in [2.24, 2.45) is 5.92 Å². The molecule has 0 bridgehead atoms. The third kappa shape index (κ3) is 1.29. The van der Waals surface area contributed by atoms with Gasteiger partial charge in [-0.2, -0.15) is 0 Å². The molecule has 0 saturated carbocycles. The fourth-order valence-corrected chi connectivity index (χ4v) is 1.22. The highest BCUT2D eigenvalue weighted by Gasteiger charge is 2.30. The van der Waals surface area contributed by atoms with Gasteiger partial charge < -0.3 is 9.80 Å². The van der Waals surface area contributed by atoms with Gasteiger partial charge in [-0.15, -0.1) is 0 Å². The third-order valence-electron chi connectivity index (χ3n) is 1.85. The van der Waals surface area contributed by atoms with E-state index in [4.69, 9.17) is 0 Å². The Kier molecular flexibility index (Phi) is 1.94. The molecule has 58 valence electrons. The van der Waals surface area contributed by atoms with Crippen molar-refractivity contribution in [3.8, 4) is 0 Å². The fourth-order valence-electron chi connectivity index (χ4n) is 1.22. The molecular formula is C7H14N2O. The van der Waals surface area contributed by atoms with Crippen molar-refractivity contribution in [3.63, 3.8) is 0 Å². The summed E-state index contributed by atoms with van der Waals surface area (Å²) in [5, 5.41) is 0. The van der Waals surface area contributed by atoms with E-state index in [1.807, 2.05) is 7.05 Å². The van der Waals surface area contributed by atoms with Crippen LogP contribution in [0.25, 0.3) is 0 Å². The van der Waals surface area contributed by atoms with Crippen LogP contribution in [-0.4, -0.2) is 49.9 Å². The van der Waals surface area contributed by atoms with Crippen LogP contribution in [0.3, 0.4) is 0 Å². The molecule has 1 saturated heterocycles. The first kappa shape index (κ1) is 7.54. The maximum Gasteiger partial charge on any atom is 0.227 e. The molecule has 0 aromatic rings. The normalized spacial score (nSPS) is 20.3. The number of carbonyl (C=O) groups excluding carboxylic acids is 1. The number of amides is 1. The molecule has 0 aromatic carbocycles. The first-order chi connectivity index (χ1) is 4.61. The van der Waals surface area contributed by atoms with Crippen LogP contribution >= 0.6 is 0 Å². The van der Waals surface area contributed by atoms with E-state index < -0.39 is 0 Å². The minimum absolute atomic E-state index is 0.262. The summed E-state index contributed by atoms with van der Waals surface area (Å²) < 4.78 is 0. The van der Waals surface area contributed by atoms with Crippen LogP contribution in [0.4, 0.5) is 0 Å². The molecule has 10 heavy (non-hydrogen) atoms. The van der Waals surface area contributed by atoms with Gasteiger partial charge in [0.25, 0.3) is 0 Å². The van der Waals surface area contributed by atoms with Gasteiger partial charge in [-0.25, -0.2) is 0 Å². The van der Waals surface area contributed by atoms with Crippen molar-refractivity contribution in [3.05, 3.63) is 0 Å². The van der Waals surface area contributed by atoms with Crippen LogP contribution in [0.15, 0.2) is 0 Å². The Morgan fingerprint density at radius 2 is 2.00 bits per heavy atom. The number of likely N-dealkylation sites (tertiary alicyclic amines) is 1. The highest BCUT2D eigenvalue weighted by atomic mass is 16.2. The van der Waals surface area contributed by atoms with Crippen LogP contribution in [0.1, 0.15) is 0 Å². The summed E-state index contributed by atoms with van der Waals surface area (Å²) in [6.07, 6.45) is 0. The van der Waals surface area contributed by atoms with Crippen LogP contribution in [0.2, 0.25) is 0 Å². The van der Waals surface area contributed by atoms with Gasteiger partial charge in [0.2, 0.25) is 5.91 Å². The zero-order valence-corrected chi connectivity index (χ0v) is 6.79. The minimum Gasteiger partial charge on any atom is -0.348 e. The van der Waals surface area contributed by atoms with Crippen LogP contribution in [0.5, 0.6) is 0 Å². The van der Waals surface area contributed by atoms with E-state index in [2.05, 4.69) is 4.90 Å². The molecular weight excluding hydrogens is 128 g/mol. The summed E-state index contributed by atoms with van der Waals surface area (Å²) in [5.74, 6) is 0.526. The molecule has 1 amide bonds. The van der Waals surface area contributed by atoms with E-state index in [-0.39, 0.29) is 11.8 Å². The summed E-state index contributed by atoms with van der Waals surface area (Å²) in [7, 11) is 5.64. The topological polar surface area (TPSA) is 23.6 Å². The summed E-state index contributed by atoms with van der Waals surface area (Å²) in [5.41, 5.74) is 0. The van der Waals surface area contributed by atoms with E-state index in [0.717, 1.165) is 13.1 Å². The molecule has 1 rings (SSSR count). The fraction of sp³-hybridized carbons (Fsp3) is 0.857. The van der Waals surface area contributed by atoms with Crippen molar-refractivity contribution < 1.29 is 4.79 Å². The second-order valence-corrected chi connectivity index (χ2v) is 3.15. The molecule has 0 aliphatic carbocycles. The molecule has 0 aromatic heterocycles. The summed E-state index contributed by atoms with van der Waals surface area (Å²) in [4.78, 5) is 15.0. The molecule has 1 heterocycles. The highest BCUT2D eigenvalue weighted by molar-refractivity contribution is 5.79. The number of hydrogen-bond donors (Lipinski definition) is 0. The van der Waals surface area contributed by atoms with Gasteiger partial charge >= 0.3 is 0 Å². The van der Waals surface area contributed by atoms with E-state index in [1.54, 1.807) is 19.0 Å². The van der Waals surface area contributed by atoms with Gasteiger partial charge in [0.1, 0.15) is 0 Å². The van der Waals surface area contributed by atoms with Crippen molar-refractivity contribution in [1.29, 1.82) is 0 Å². The average molecular weight is 142 g/mol. The molecule has 0 atom stereocenters. The van der Waals surface area contributed by atoms with E-state index in [1.165, 1.54) is 0 Å². The zero-order valence-electron chi connectivity index (χ0n) is 6.79. The molecule has 1 fully saturated rings. The second kappa shape index (κ2) is 2.58. The van der Waals surface area contributed by atoms with Crippen molar-refractivity contribution in [2.45, 2.75) is 0 Å². The second-order valence-electron chi connectivity index (χ2n) is 3.15. The summed E-state index contributed by atoms with van der Waals surface area (Å²) in [6, 6.07) is 0. The smallest absolute Gasteiger partial charge is 0.227 e. The quantitative estimate of drug-likeness (QED) is 0.499. The predicted molar refractivity (Wildman–Crippen MR) is 39.7 cm³/mol. The van der Waals surface area contributed by atoms with Crippen LogP contribution in [-0.2, 0) is 4.79 Å². The Hall–Kier alpha value is -0.570. The van der Waals surface area contributed by atoms with Crippen LogP contribution < -0.4 is 0 Å². The van der Waals surface area contributed by atoms with Crippen LogP contribution in [0, 0.1) is 5.92 Å². The average Bonchev–Trinajstić information content (AvgIpc) is 1.79. The summed E-state index contributed by atoms with van der Waals surface area (Å²) in [6.45, 7) is 1.86. The first-order valence-electron chi connectivity index (χ1n) is 3.51. The lowest BCUT2D eigenvalue weighted by molar-refractivity contribution is -0.137. The lowest BCUT2D eigenvalue weighted by atomic mass is 10.0. The standard InChI is InChI=1S/C7H14N2O/c1-8(2)7(10)6-4-9(3)5-6/h6H,4-5H2,1-3H3. The van der Waals surface area contributed by atoms with Crippen molar-refractivity contribution in [2.75, 3.05) is 34.2 Å². The Morgan fingerprint density at radius 1 is 1.50 bits per heavy atom. The maximum absolute atomic E-state index is 11.2. The first-order valence-corrected chi connectivity index (χ1v) is 3.51. The Bertz CT molecular complexity index is 139. The highest BCUT2D eigenvalue weighted by Crippen LogP contribution is 2.13. The van der Waals surface area contributed by atoms with Gasteiger partial charge in [-0.05, 0) is 7.05 Å². The number of hydrogen-bond acceptors (Lipinski definition) is 2. The predicted octanol–water partition coefficient (Wildman–Crippen LogP) is -0.364. The molecule has 0 spiro atoms. The largest absolute Gasteiger partial charge is 0.348 e. The maximum atomic E-state index is 11.2. The number of carbonyl (C=O) groups is 1. The monoisotopic (exact) mass is 142 g/mol. The number of nitrogens with zero attached hydrogens (tertiary/aromatic N) is 2. The Labute approximate surface area is 61.6 Å². The molecule has 3 heteroatoms. The van der Waals surface area contributed by atoms with Gasteiger partial charge in [-0.3, -0.25) is 4.79 Å². The van der Waals surface area contributed by atoms with Crippen molar-refractivity contribution in [1.82, 2.24) is 9.80 Å². The minimum atomic E-state index is 0.262. The SMILES string of the molecule is CN1CC(C(=O)N(C)C)C1. The number of rotatable bonds is 1. The molecule has 1 aliphatic rings. The molecule has 0 N–H and O–H groups in total.